The number of carbonyl (C=O) groups excluding carboxylic acids is 1. The molecule has 1 heterocycles. The Kier molecular flexibility index (Phi) is 5.37. The van der Waals surface area contributed by atoms with Crippen LogP contribution < -0.4 is 11.1 Å². The maximum atomic E-state index is 11.7. The van der Waals surface area contributed by atoms with Crippen LogP contribution in [0.1, 0.15) is 12.8 Å². The van der Waals surface area contributed by atoms with E-state index in [-0.39, 0.29) is 5.91 Å². The van der Waals surface area contributed by atoms with Gasteiger partial charge in [-0.15, -0.1) is 11.8 Å². The zero-order chi connectivity index (χ0) is 14.2. The third-order valence-corrected chi connectivity index (χ3v) is 3.55. The number of nitrogens with two attached hydrogens (primary N) is 1. The molecule has 3 N–H and O–H groups in total. The van der Waals surface area contributed by atoms with Crippen LogP contribution in [-0.4, -0.2) is 21.6 Å². The van der Waals surface area contributed by atoms with Crippen LogP contribution in [-0.2, 0) is 4.79 Å². The summed E-state index contributed by atoms with van der Waals surface area (Å²) in [5.74, 6) is 0.848. The van der Waals surface area contributed by atoms with E-state index >= 15 is 0 Å². The minimum Gasteiger partial charge on any atom is -0.399 e. The van der Waals surface area contributed by atoms with Crippen LogP contribution in [0.2, 0.25) is 0 Å². The fourth-order valence-electron chi connectivity index (χ4n) is 1.61. The van der Waals surface area contributed by atoms with Crippen molar-refractivity contribution < 1.29 is 4.79 Å². The van der Waals surface area contributed by atoms with Gasteiger partial charge < -0.3 is 11.1 Å². The normalized spacial score (nSPS) is 10.2. The van der Waals surface area contributed by atoms with Crippen molar-refractivity contribution in [3.63, 3.8) is 0 Å². The number of anilines is 2. The average molecular weight is 288 g/mol. The molecule has 0 aliphatic heterocycles. The molecule has 104 valence electrons. The second kappa shape index (κ2) is 7.49. The maximum Gasteiger partial charge on any atom is 0.224 e. The van der Waals surface area contributed by atoms with Crippen LogP contribution in [0.25, 0.3) is 0 Å². The van der Waals surface area contributed by atoms with E-state index < -0.39 is 0 Å². The number of benzene rings is 1. The molecule has 2 rings (SSSR count). The summed E-state index contributed by atoms with van der Waals surface area (Å²) in [7, 11) is 0. The van der Waals surface area contributed by atoms with E-state index in [2.05, 4.69) is 15.3 Å². The molecule has 0 fully saturated rings. The van der Waals surface area contributed by atoms with Crippen LogP contribution in [0.3, 0.4) is 0 Å². The van der Waals surface area contributed by atoms with E-state index in [9.17, 15) is 4.79 Å². The van der Waals surface area contributed by atoms with Crippen molar-refractivity contribution >= 4 is 29.0 Å². The summed E-state index contributed by atoms with van der Waals surface area (Å²) in [4.78, 5) is 19.7. The lowest BCUT2D eigenvalue weighted by molar-refractivity contribution is -0.116. The van der Waals surface area contributed by atoms with Crippen molar-refractivity contribution in [2.24, 2.45) is 0 Å². The molecule has 0 aliphatic carbocycles. The van der Waals surface area contributed by atoms with Gasteiger partial charge in [0, 0.05) is 24.0 Å². The first kappa shape index (κ1) is 14.3. The maximum absolute atomic E-state index is 11.7. The van der Waals surface area contributed by atoms with Gasteiger partial charge in [0.05, 0.1) is 5.03 Å². The van der Waals surface area contributed by atoms with E-state index in [0.29, 0.717) is 12.1 Å². The molecule has 0 spiro atoms. The van der Waals surface area contributed by atoms with Gasteiger partial charge in [0.25, 0.3) is 0 Å². The number of nitrogen functional groups attached to an aromatic ring is 1. The Bertz CT molecular complexity index is 562. The van der Waals surface area contributed by atoms with Crippen LogP contribution in [0, 0.1) is 0 Å². The monoisotopic (exact) mass is 288 g/mol. The van der Waals surface area contributed by atoms with Crippen molar-refractivity contribution in [1.82, 2.24) is 9.97 Å². The summed E-state index contributed by atoms with van der Waals surface area (Å²) in [6.07, 6.45) is 4.51. The molecule has 5 nitrogen and oxygen atoms in total. The molecule has 6 heteroatoms. The highest BCUT2D eigenvalue weighted by Gasteiger charge is 2.03. The zero-order valence-electron chi connectivity index (χ0n) is 11.0. The lowest BCUT2D eigenvalue weighted by atomic mass is 10.2. The third kappa shape index (κ3) is 4.89. The summed E-state index contributed by atoms with van der Waals surface area (Å²) in [6.45, 7) is 0. The van der Waals surface area contributed by atoms with Crippen LogP contribution in [0.4, 0.5) is 11.4 Å². The molecule has 0 saturated heterocycles. The fourth-order valence-corrected chi connectivity index (χ4v) is 2.39. The molecule has 1 aromatic carbocycles. The van der Waals surface area contributed by atoms with Gasteiger partial charge >= 0.3 is 0 Å². The smallest absolute Gasteiger partial charge is 0.224 e. The standard InChI is InChI=1S/C14H16N4OS/c15-11-3-1-4-12(9-11)18-13(19)5-2-8-20-14-6-7-16-10-17-14/h1,3-4,6-7,9-10H,2,5,8,15H2,(H,18,19). The third-order valence-electron chi connectivity index (χ3n) is 2.52. The summed E-state index contributed by atoms with van der Waals surface area (Å²) >= 11 is 1.62. The van der Waals surface area contributed by atoms with Gasteiger partial charge in [0.1, 0.15) is 6.33 Å². The molecule has 2 aromatic rings. The molecular formula is C14H16N4OS. The van der Waals surface area contributed by atoms with E-state index in [1.54, 1.807) is 30.1 Å². The number of rotatable bonds is 6. The van der Waals surface area contributed by atoms with Crippen molar-refractivity contribution in [1.29, 1.82) is 0 Å². The summed E-state index contributed by atoms with van der Waals surface area (Å²) < 4.78 is 0. The van der Waals surface area contributed by atoms with E-state index in [4.69, 9.17) is 5.73 Å². The topological polar surface area (TPSA) is 80.9 Å². The lowest BCUT2D eigenvalue weighted by Crippen LogP contribution is -2.11. The first-order valence-electron chi connectivity index (χ1n) is 6.28. The van der Waals surface area contributed by atoms with E-state index in [1.165, 1.54) is 6.33 Å². The molecule has 0 aliphatic rings. The molecule has 0 saturated carbocycles. The Balaban J connectivity index is 1.68. The van der Waals surface area contributed by atoms with Gasteiger partial charge in [0.15, 0.2) is 0 Å². The van der Waals surface area contributed by atoms with Crippen LogP contribution in [0.15, 0.2) is 47.9 Å². The number of hydrogen-bond donors (Lipinski definition) is 2. The minimum atomic E-state index is -0.00103. The second-order valence-corrected chi connectivity index (χ2v) is 5.29. The van der Waals surface area contributed by atoms with Gasteiger partial charge in [-0.3, -0.25) is 4.79 Å². The molecule has 1 aromatic heterocycles. The van der Waals surface area contributed by atoms with Gasteiger partial charge in [-0.05, 0) is 36.4 Å². The highest BCUT2D eigenvalue weighted by atomic mass is 32.2. The lowest BCUT2D eigenvalue weighted by Gasteiger charge is -2.05. The zero-order valence-corrected chi connectivity index (χ0v) is 11.8. The van der Waals surface area contributed by atoms with E-state index in [0.717, 1.165) is 22.9 Å². The predicted molar refractivity (Wildman–Crippen MR) is 81.5 cm³/mol. The largest absolute Gasteiger partial charge is 0.399 e. The second-order valence-electron chi connectivity index (χ2n) is 4.17. The number of nitrogens with one attached hydrogen (secondary N) is 1. The highest BCUT2D eigenvalue weighted by Crippen LogP contribution is 2.16. The molecule has 0 atom stereocenters. The Morgan fingerprint density at radius 2 is 2.25 bits per heavy atom. The molecule has 0 radical (unpaired) electrons. The molecule has 1 amide bonds. The van der Waals surface area contributed by atoms with Crippen LogP contribution in [0.5, 0.6) is 0 Å². The van der Waals surface area contributed by atoms with Gasteiger partial charge in [-0.25, -0.2) is 9.97 Å². The van der Waals surface area contributed by atoms with Crippen molar-refractivity contribution in [3.8, 4) is 0 Å². The van der Waals surface area contributed by atoms with Gasteiger partial charge in [0.2, 0.25) is 5.91 Å². The quantitative estimate of drug-likeness (QED) is 0.369. The average Bonchev–Trinajstić information content (AvgIpc) is 2.45. The number of hydrogen-bond acceptors (Lipinski definition) is 5. The van der Waals surface area contributed by atoms with Crippen LogP contribution >= 0.6 is 11.8 Å². The number of carbonyl (C=O) groups is 1. The molecular weight excluding hydrogens is 272 g/mol. The number of aromatic nitrogens is 2. The fraction of sp³-hybridized carbons (Fsp3) is 0.214. The highest BCUT2D eigenvalue weighted by molar-refractivity contribution is 7.99. The van der Waals surface area contributed by atoms with Crippen molar-refractivity contribution in [3.05, 3.63) is 42.9 Å². The SMILES string of the molecule is Nc1cccc(NC(=O)CCCSc2ccncn2)c1. The predicted octanol–water partition coefficient (Wildman–Crippen LogP) is 2.57. The minimum absolute atomic E-state index is 0.00103. The Morgan fingerprint density at radius 3 is 3.00 bits per heavy atom. The first-order valence-corrected chi connectivity index (χ1v) is 7.27. The summed E-state index contributed by atoms with van der Waals surface area (Å²) in [5, 5.41) is 3.75. The van der Waals surface area contributed by atoms with Crippen molar-refractivity contribution in [2.75, 3.05) is 16.8 Å². The molecule has 0 bridgehead atoms. The molecule has 0 unspecified atom stereocenters. The number of thioether (sulfide) groups is 1. The van der Waals surface area contributed by atoms with Gasteiger partial charge in [-0.2, -0.15) is 0 Å². The Hall–Kier alpha value is -2.08. The number of nitrogens with zero attached hydrogens (tertiary/aromatic N) is 2. The van der Waals surface area contributed by atoms with Gasteiger partial charge in [-0.1, -0.05) is 6.07 Å². The van der Waals surface area contributed by atoms with Crippen molar-refractivity contribution in [2.45, 2.75) is 17.9 Å². The Labute approximate surface area is 122 Å². The van der Waals surface area contributed by atoms with E-state index in [1.807, 2.05) is 18.2 Å². The Morgan fingerprint density at radius 1 is 1.35 bits per heavy atom. The number of amides is 1. The summed E-state index contributed by atoms with van der Waals surface area (Å²) in [6, 6.07) is 9.03. The first-order chi connectivity index (χ1) is 9.74. The summed E-state index contributed by atoms with van der Waals surface area (Å²) in [5.41, 5.74) is 7.03. The molecule has 20 heavy (non-hydrogen) atoms.